The van der Waals surface area contributed by atoms with E-state index in [2.05, 4.69) is 5.10 Å². The van der Waals surface area contributed by atoms with E-state index in [4.69, 9.17) is 11.6 Å². The van der Waals surface area contributed by atoms with Gasteiger partial charge in [0.1, 0.15) is 12.4 Å². The van der Waals surface area contributed by atoms with Crippen molar-refractivity contribution in [3.63, 3.8) is 0 Å². The zero-order valence-electron chi connectivity index (χ0n) is 14.7. The summed E-state index contributed by atoms with van der Waals surface area (Å²) in [7, 11) is 0. The average molecular weight is 379 g/mol. The molecule has 3 rings (SSSR count). The van der Waals surface area contributed by atoms with Gasteiger partial charge in [-0.1, -0.05) is 11.6 Å². The fourth-order valence-corrected chi connectivity index (χ4v) is 3.13. The molecular weight excluding hydrogens is 359 g/mol. The fraction of sp³-hybridized carbons (Fsp3) is 0.389. The maximum atomic E-state index is 13.0. The molecule has 1 aliphatic rings. The van der Waals surface area contributed by atoms with Crippen LogP contribution >= 0.6 is 11.6 Å². The average Bonchev–Trinajstić information content (AvgIpc) is 2.88. The summed E-state index contributed by atoms with van der Waals surface area (Å²) in [6, 6.07) is 5.49. The lowest BCUT2D eigenvalue weighted by Gasteiger charge is -2.34. The minimum Gasteiger partial charge on any atom is -0.338 e. The molecule has 138 valence electrons. The van der Waals surface area contributed by atoms with Crippen LogP contribution in [0.1, 0.15) is 21.7 Å². The SMILES string of the molecule is Cc1nn(CC(=O)N2CCN(C(=O)c3ccc(F)cc3)CC2)c(C)c1Cl. The third-order valence-electron chi connectivity index (χ3n) is 4.59. The molecular formula is C18H20ClFN4O2. The largest absolute Gasteiger partial charge is 0.338 e. The predicted molar refractivity (Wildman–Crippen MR) is 95.6 cm³/mol. The molecule has 0 atom stereocenters. The minimum atomic E-state index is -0.374. The molecule has 8 heteroatoms. The summed E-state index contributed by atoms with van der Waals surface area (Å²) in [5, 5.41) is 4.85. The standard InChI is InChI=1S/C18H20ClFN4O2/c1-12-17(19)13(2)24(21-12)11-16(25)22-7-9-23(10-8-22)18(26)14-3-5-15(20)6-4-14/h3-6H,7-11H2,1-2H3. The van der Waals surface area contributed by atoms with Gasteiger partial charge in [0.25, 0.3) is 5.91 Å². The van der Waals surface area contributed by atoms with Gasteiger partial charge in [-0.15, -0.1) is 0 Å². The zero-order chi connectivity index (χ0) is 18.8. The van der Waals surface area contributed by atoms with Gasteiger partial charge in [-0.2, -0.15) is 5.10 Å². The Morgan fingerprint density at radius 3 is 2.19 bits per heavy atom. The van der Waals surface area contributed by atoms with Crippen LogP contribution in [-0.4, -0.2) is 57.6 Å². The van der Waals surface area contributed by atoms with Crippen molar-refractivity contribution in [3.05, 3.63) is 52.1 Å². The maximum absolute atomic E-state index is 13.0. The van der Waals surface area contributed by atoms with E-state index >= 15 is 0 Å². The van der Waals surface area contributed by atoms with Crippen LogP contribution in [0.15, 0.2) is 24.3 Å². The third kappa shape index (κ3) is 3.72. The van der Waals surface area contributed by atoms with Crippen molar-refractivity contribution in [1.82, 2.24) is 19.6 Å². The zero-order valence-corrected chi connectivity index (χ0v) is 15.5. The number of aromatic nitrogens is 2. The first-order valence-corrected chi connectivity index (χ1v) is 8.76. The molecule has 1 fully saturated rings. The molecule has 0 radical (unpaired) electrons. The Kier molecular flexibility index (Phi) is 5.27. The lowest BCUT2D eigenvalue weighted by molar-refractivity contribution is -0.133. The van der Waals surface area contributed by atoms with E-state index in [0.29, 0.717) is 42.5 Å². The van der Waals surface area contributed by atoms with Crippen molar-refractivity contribution < 1.29 is 14.0 Å². The highest BCUT2D eigenvalue weighted by Gasteiger charge is 2.25. The van der Waals surface area contributed by atoms with E-state index in [0.717, 1.165) is 5.69 Å². The summed E-state index contributed by atoms with van der Waals surface area (Å²) in [4.78, 5) is 28.3. The number of hydrogen-bond donors (Lipinski definition) is 0. The second-order valence-electron chi connectivity index (χ2n) is 6.32. The van der Waals surface area contributed by atoms with Gasteiger partial charge >= 0.3 is 0 Å². The summed E-state index contributed by atoms with van der Waals surface area (Å²) in [6.45, 7) is 5.56. The smallest absolute Gasteiger partial charge is 0.253 e. The fourth-order valence-electron chi connectivity index (χ4n) is 2.99. The van der Waals surface area contributed by atoms with Crippen LogP contribution in [0.25, 0.3) is 0 Å². The van der Waals surface area contributed by atoms with E-state index in [9.17, 15) is 14.0 Å². The Hall–Kier alpha value is -2.41. The van der Waals surface area contributed by atoms with Crippen LogP contribution in [0.5, 0.6) is 0 Å². The summed E-state index contributed by atoms with van der Waals surface area (Å²) in [6.07, 6.45) is 0. The normalized spacial score (nSPS) is 14.6. The van der Waals surface area contributed by atoms with Gasteiger partial charge in [-0.3, -0.25) is 14.3 Å². The van der Waals surface area contributed by atoms with Crippen molar-refractivity contribution >= 4 is 23.4 Å². The molecule has 1 aromatic heterocycles. The van der Waals surface area contributed by atoms with Crippen molar-refractivity contribution in [2.75, 3.05) is 26.2 Å². The number of carbonyl (C=O) groups is 2. The van der Waals surface area contributed by atoms with Gasteiger partial charge < -0.3 is 9.80 Å². The molecule has 0 spiro atoms. The van der Waals surface area contributed by atoms with Gasteiger partial charge in [0, 0.05) is 31.7 Å². The monoisotopic (exact) mass is 378 g/mol. The third-order valence-corrected chi connectivity index (χ3v) is 5.14. The van der Waals surface area contributed by atoms with Gasteiger partial charge in [0.05, 0.1) is 16.4 Å². The van der Waals surface area contributed by atoms with Gasteiger partial charge in [0.2, 0.25) is 5.91 Å². The van der Waals surface area contributed by atoms with Crippen molar-refractivity contribution in [2.45, 2.75) is 20.4 Å². The van der Waals surface area contributed by atoms with E-state index in [1.54, 1.807) is 21.4 Å². The van der Waals surface area contributed by atoms with Crippen LogP contribution in [0.3, 0.4) is 0 Å². The molecule has 0 unspecified atom stereocenters. The van der Waals surface area contributed by atoms with Crippen LogP contribution < -0.4 is 0 Å². The van der Waals surface area contributed by atoms with Crippen LogP contribution in [0, 0.1) is 19.7 Å². The molecule has 0 saturated carbocycles. The van der Waals surface area contributed by atoms with Crippen molar-refractivity contribution in [1.29, 1.82) is 0 Å². The molecule has 0 aliphatic carbocycles. The molecule has 0 bridgehead atoms. The Labute approximate surface area is 156 Å². The van der Waals surface area contributed by atoms with Gasteiger partial charge in [-0.25, -0.2) is 4.39 Å². The second kappa shape index (κ2) is 7.45. The number of benzene rings is 1. The molecule has 1 aliphatic heterocycles. The van der Waals surface area contributed by atoms with Gasteiger partial charge in [-0.05, 0) is 38.1 Å². The molecule has 2 aromatic rings. The quantitative estimate of drug-likeness (QED) is 0.823. The number of hydrogen-bond acceptors (Lipinski definition) is 3. The highest BCUT2D eigenvalue weighted by Crippen LogP contribution is 2.19. The molecule has 0 N–H and O–H groups in total. The number of halogens is 2. The topological polar surface area (TPSA) is 58.4 Å². The number of nitrogens with zero attached hydrogens (tertiary/aromatic N) is 4. The summed E-state index contributed by atoms with van der Waals surface area (Å²) in [5.74, 6) is -0.579. The summed E-state index contributed by atoms with van der Waals surface area (Å²) >= 11 is 6.11. The summed E-state index contributed by atoms with van der Waals surface area (Å²) < 4.78 is 14.6. The molecule has 26 heavy (non-hydrogen) atoms. The molecule has 2 heterocycles. The van der Waals surface area contributed by atoms with E-state index in [1.165, 1.54) is 24.3 Å². The van der Waals surface area contributed by atoms with Crippen LogP contribution in [-0.2, 0) is 11.3 Å². The number of rotatable bonds is 3. The Balaban J connectivity index is 1.57. The van der Waals surface area contributed by atoms with E-state index < -0.39 is 0 Å². The van der Waals surface area contributed by atoms with Gasteiger partial charge in [0.15, 0.2) is 0 Å². The number of aryl methyl sites for hydroxylation is 1. The number of carbonyl (C=O) groups excluding carboxylic acids is 2. The Morgan fingerprint density at radius 1 is 1.08 bits per heavy atom. The molecule has 6 nitrogen and oxygen atoms in total. The van der Waals surface area contributed by atoms with Crippen LogP contribution in [0.4, 0.5) is 4.39 Å². The number of piperazine rings is 1. The second-order valence-corrected chi connectivity index (χ2v) is 6.70. The lowest BCUT2D eigenvalue weighted by atomic mass is 10.2. The first-order valence-electron chi connectivity index (χ1n) is 8.39. The molecule has 2 amide bonds. The van der Waals surface area contributed by atoms with E-state index in [1.807, 2.05) is 6.92 Å². The van der Waals surface area contributed by atoms with E-state index in [-0.39, 0.29) is 24.2 Å². The van der Waals surface area contributed by atoms with Crippen LogP contribution in [0.2, 0.25) is 5.02 Å². The maximum Gasteiger partial charge on any atom is 0.253 e. The lowest BCUT2D eigenvalue weighted by Crippen LogP contribution is -2.51. The molecule has 1 aromatic carbocycles. The Bertz CT molecular complexity index is 826. The Morgan fingerprint density at radius 2 is 1.65 bits per heavy atom. The molecule has 1 saturated heterocycles. The van der Waals surface area contributed by atoms with Crippen molar-refractivity contribution in [2.24, 2.45) is 0 Å². The first kappa shape index (κ1) is 18.4. The summed E-state index contributed by atoms with van der Waals surface area (Å²) in [5.41, 5.74) is 1.91. The first-order chi connectivity index (χ1) is 12.4. The van der Waals surface area contributed by atoms with Crippen molar-refractivity contribution in [3.8, 4) is 0 Å². The highest BCUT2D eigenvalue weighted by molar-refractivity contribution is 6.31. The number of amides is 2. The predicted octanol–water partition coefficient (Wildman–Crippen LogP) is 2.28. The minimum absolute atomic E-state index is 0.0545. The highest BCUT2D eigenvalue weighted by atomic mass is 35.5.